The number of carbonyl (C=O) groups is 1. The Balaban J connectivity index is 1.47. The summed E-state index contributed by atoms with van der Waals surface area (Å²) < 4.78 is 0. The van der Waals surface area contributed by atoms with Gasteiger partial charge in [-0.2, -0.15) is 0 Å². The maximum atomic E-state index is 12.7. The number of aromatic nitrogens is 2. The van der Waals surface area contributed by atoms with Crippen LogP contribution in [-0.2, 0) is 13.1 Å². The van der Waals surface area contributed by atoms with Crippen LogP contribution >= 0.6 is 0 Å². The smallest absolute Gasteiger partial charge is 0.258 e. The summed E-state index contributed by atoms with van der Waals surface area (Å²) in [5.41, 5.74) is 3.89. The number of para-hydroxylation sites is 2. The maximum Gasteiger partial charge on any atom is 0.258 e. The minimum Gasteiger partial charge on any atom is -0.377 e. The molecule has 0 aliphatic rings. The number of aromatic amines is 1. The molecule has 0 bridgehead atoms. The molecule has 0 aliphatic carbocycles. The molecule has 0 saturated heterocycles. The fourth-order valence-electron chi connectivity index (χ4n) is 3.22. The van der Waals surface area contributed by atoms with Gasteiger partial charge in [0.05, 0.1) is 23.0 Å². The summed E-state index contributed by atoms with van der Waals surface area (Å²) in [6, 6.07) is 22.5. The Bertz CT molecular complexity index is 1250. The van der Waals surface area contributed by atoms with Gasteiger partial charge in [-0.3, -0.25) is 9.59 Å². The molecule has 0 spiro atoms. The van der Waals surface area contributed by atoms with Crippen molar-refractivity contribution >= 4 is 22.5 Å². The van der Waals surface area contributed by atoms with Crippen LogP contribution in [0.3, 0.4) is 0 Å². The highest BCUT2D eigenvalue weighted by Gasteiger charge is 2.11. The summed E-state index contributed by atoms with van der Waals surface area (Å²) >= 11 is 0. The number of anilines is 1. The molecule has 0 unspecified atom stereocenters. The molecule has 1 aromatic heterocycles. The van der Waals surface area contributed by atoms with Gasteiger partial charge in [0, 0.05) is 12.2 Å². The number of fused-ring (bicyclic) bond motifs is 1. The average molecular weight is 398 g/mol. The van der Waals surface area contributed by atoms with Crippen molar-refractivity contribution in [3.8, 4) is 0 Å². The molecular weight excluding hydrogens is 376 g/mol. The Morgan fingerprint density at radius 2 is 1.67 bits per heavy atom. The van der Waals surface area contributed by atoms with Gasteiger partial charge in [-0.05, 0) is 36.8 Å². The number of carbonyl (C=O) groups excluding carboxylic acids is 1. The molecule has 6 heteroatoms. The lowest BCUT2D eigenvalue weighted by atomic mass is 10.1. The standard InChI is InChI=1S/C24H22N4O2/c1-16-10-12-17(13-11-16)14-26-23(29)18-6-2-4-8-20(18)25-15-22-27-21-9-5-3-7-19(21)24(30)28-22/h2-13,25H,14-15H2,1H3,(H,26,29)(H,27,28,30). The van der Waals surface area contributed by atoms with E-state index in [9.17, 15) is 9.59 Å². The first-order valence-electron chi connectivity index (χ1n) is 9.75. The van der Waals surface area contributed by atoms with Crippen LogP contribution in [0, 0.1) is 6.92 Å². The monoisotopic (exact) mass is 398 g/mol. The van der Waals surface area contributed by atoms with Gasteiger partial charge in [-0.1, -0.05) is 54.1 Å². The van der Waals surface area contributed by atoms with E-state index in [1.165, 1.54) is 5.56 Å². The number of amides is 1. The molecule has 0 saturated carbocycles. The number of H-pyrrole nitrogens is 1. The molecule has 4 rings (SSSR count). The topological polar surface area (TPSA) is 86.9 Å². The molecule has 0 radical (unpaired) electrons. The molecule has 6 nitrogen and oxygen atoms in total. The number of nitrogens with one attached hydrogen (secondary N) is 3. The lowest BCUT2D eigenvalue weighted by molar-refractivity contribution is 0.0951. The van der Waals surface area contributed by atoms with Crippen molar-refractivity contribution < 1.29 is 4.79 Å². The Hall–Kier alpha value is -3.93. The van der Waals surface area contributed by atoms with Crippen LogP contribution in [0.25, 0.3) is 10.9 Å². The van der Waals surface area contributed by atoms with Gasteiger partial charge < -0.3 is 15.6 Å². The first-order valence-corrected chi connectivity index (χ1v) is 9.75. The van der Waals surface area contributed by atoms with Gasteiger partial charge in [0.25, 0.3) is 11.5 Å². The predicted molar refractivity (Wildman–Crippen MR) is 118 cm³/mol. The molecule has 1 amide bonds. The Labute approximate surface area is 174 Å². The van der Waals surface area contributed by atoms with Crippen molar-refractivity contribution in [2.75, 3.05) is 5.32 Å². The molecule has 0 fully saturated rings. The van der Waals surface area contributed by atoms with Crippen LogP contribution in [0.4, 0.5) is 5.69 Å². The summed E-state index contributed by atoms with van der Waals surface area (Å²) in [4.78, 5) is 32.2. The molecule has 0 atom stereocenters. The minimum atomic E-state index is -0.179. The van der Waals surface area contributed by atoms with Crippen molar-refractivity contribution in [3.63, 3.8) is 0 Å². The van der Waals surface area contributed by atoms with Gasteiger partial charge in [-0.15, -0.1) is 0 Å². The summed E-state index contributed by atoms with van der Waals surface area (Å²) in [5.74, 6) is 0.340. The predicted octanol–water partition coefficient (Wildman–Crippen LogP) is 3.77. The highest BCUT2D eigenvalue weighted by molar-refractivity contribution is 5.99. The van der Waals surface area contributed by atoms with E-state index < -0.39 is 0 Å². The van der Waals surface area contributed by atoms with Gasteiger partial charge in [0.2, 0.25) is 0 Å². The number of nitrogens with zero attached hydrogens (tertiary/aromatic N) is 1. The lowest BCUT2D eigenvalue weighted by Crippen LogP contribution is -2.24. The van der Waals surface area contributed by atoms with E-state index in [4.69, 9.17) is 0 Å². The zero-order valence-corrected chi connectivity index (χ0v) is 16.6. The highest BCUT2D eigenvalue weighted by atomic mass is 16.1. The molecule has 1 heterocycles. The summed E-state index contributed by atoms with van der Waals surface area (Å²) in [6.45, 7) is 2.78. The van der Waals surface area contributed by atoms with E-state index in [2.05, 4.69) is 20.6 Å². The van der Waals surface area contributed by atoms with E-state index in [1.807, 2.05) is 61.5 Å². The highest BCUT2D eigenvalue weighted by Crippen LogP contribution is 2.16. The number of aryl methyl sites for hydroxylation is 1. The third-order valence-corrected chi connectivity index (χ3v) is 4.85. The molecule has 3 N–H and O–H groups in total. The molecular formula is C24H22N4O2. The third-order valence-electron chi connectivity index (χ3n) is 4.85. The summed E-state index contributed by atoms with van der Waals surface area (Å²) in [5, 5.41) is 6.72. The molecule has 3 aromatic carbocycles. The van der Waals surface area contributed by atoms with E-state index in [0.29, 0.717) is 41.1 Å². The Morgan fingerprint density at radius 3 is 2.50 bits per heavy atom. The maximum absolute atomic E-state index is 12.7. The van der Waals surface area contributed by atoms with Crippen LogP contribution < -0.4 is 16.2 Å². The molecule has 150 valence electrons. The Morgan fingerprint density at radius 1 is 0.933 bits per heavy atom. The van der Waals surface area contributed by atoms with Crippen LogP contribution in [-0.4, -0.2) is 15.9 Å². The average Bonchev–Trinajstić information content (AvgIpc) is 2.77. The van der Waals surface area contributed by atoms with E-state index >= 15 is 0 Å². The van der Waals surface area contributed by atoms with Crippen LogP contribution in [0.5, 0.6) is 0 Å². The first-order chi connectivity index (χ1) is 14.6. The summed E-state index contributed by atoms with van der Waals surface area (Å²) in [6.07, 6.45) is 0. The largest absolute Gasteiger partial charge is 0.377 e. The lowest BCUT2D eigenvalue weighted by Gasteiger charge is -2.12. The molecule has 4 aromatic rings. The fourth-order valence-corrected chi connectivity index (χ4v) is 3.22. The summed E-state index contributed by atoms with van der Waals surface area (Å²) in [7, 11) is 0. The quantitative estimate of drug-likeness (QED) is 0.461. The second-order valence-electron chi connectivity index (χ2n) is 7.10. The van der Waals surface area contributed by atoms with Crippen LogP contribution in [0.2, 0.25) is 0 Å². The first kappa shape index (κ1) is 19.4. The fraction of sp³-hybridized carbons (Fsp3) is 0.125. The molecule has 30 heavy (non-hydrogen) atoms. The number of hydrogen-bond acceptors (Lipinski definition) is 4. The van der Waals surface area contributed by atoms with Crippen LogP contribution in [0.15, 0.2) is 77.6 Å². The van der Waals surface area contributed by atoms with Gasteiger partial charge in [-0.25, -0.2) is 4.98 Å². The van der Waals surface area contributed by atoms with E-state index in [1.54, 1.807) is 18.2 Å². The second kappa shape index (κ2) is 8.61. The van der Waals surface area contributed by atoms with Gasteiger partial charge >= 0.3 is 0 Å². The third kappa shape index (κ3) is 4.38. The number of hydrogen-bond donors (Lipinski definition) is 3. The van der Waals surface area contributed by atoms with Crippen molar-refractivity contribution in [2.45, 2.75) is 20.0 Å². The SMILES string of the molecule is Cc1ccc(CNC(=O)c2ccccc2NCc2nc3ccccc3c(=O)[nH]2)cc1. The zero-order valence-electron chi connectivity index (χ0n) is 16.6. The van der Waals surface area contributed by atoms with Crippen molar-refractivity contribution in [1.29, 1.82) is 0 Å². The van der Waals surface area contributed by atoms with E-state index in [0.717, 1.165) is 5.56 Å². The number of rotatable bonds is 6. The van der Waals surface area contributed by atoms with Crippen molar-refractivity contribution in [3.05, 3.63) is 106 Å². The van der Waals surface area contributed by atoms with Gasteiger partial charge in [0.15, 0.2) is 0 Å². The zero-order chi connectivity index (χ0) is 20.9. The van der Waals surface area contributed by atoms with E-state index in [-0.39, 0.29) is 11.5 Å². The normalized spacial score (nSPS) is 10.7. The minimum absolute atomic E-state index is 0.168. The Kier molecular flexibility index (Phi) is 5.57. The second-order valence-corrected chi connectivity index (χ2v) is 7.10. The number of benzene rings is 3. The van der Waals surface area contributed by atoms with Gasteiger partial charge in [0.1, 0.15) is 5.82 Å². The molecule has 0 aliphatic heterocycles. The van der Waals surface area contributed by atoms with Crippen LogP contribution in [0.1, 0.15) is 27.3 Å². The van der Waals surface area contributed by atoms with Crippen molar-refractivity contribution in [2.24, 2.45) is 0 Å². The van der Waals surface area contributed by atoms with Crippen molar-refractivity contribution in [1.82, 2.24) is 15.3 Å².